The van der Waals surface area contributed by atoms with E-state index in [0.717, 1.165) is 34.0 Å². The number of anilines is 2. The van der Waals surface area contributed by atoms with Crippen molar-refractivity contribution in [3.8, 4) is 0 Å². The third-order valence-corrected chi connectivity index (χ3v) is 26.8. The fourth-order valence-corrected chi connectivity index (χ4v) is 27.0. The quantitative estimate of drug-likeness (QED) is 0.267. The summed E-state index contributed by atoms with van der Waals surface area (Å²) in [6.07, 6.45) is 36.4. The normalized spacial score (nSPS) is 27.8. The van der Waals surface area contributed by atoms with E-state index in [-0.39, 0.29) is 0 Å². The summed E-state index contributed by atoms with van der Waals surface area (Å²) >= 11 is 0. The third kappa shape index (κ3) is 5.21. The van der Waals surface area contributed by atoms with Gasteiger partial charge in [-0.3, -0.25) is 0 Å². The summed E-state index contributed by atoms with van der Waals surface area (Å²) < 4.78 is 0. The van der Waals surface area contributed by atoms with Crippen LogP contribution in [0.4, 0.5) is 11.4 Å². The SMILES string of the molecule is c1ccc(N[PH](C2CCCC2)(C2CCCC2)C2CCCC2)c(N[PH](C2CCCC2)(C2CCCC2)C2CCCC2)c1. The number of para-hydroxylation sites is 2. The zero-order valence-corrected chi connectivity index (χ0v) is 27.7. The molecule has 0 aliphatic heterocycles. The van der Waals surface area contributed by atoms with Crippen molar-refractivity contribution in [2.45, 2.75) is 188 Å². The summed E-state index contributed by atoms with van der Waals surface area (Å²) in [7, 11) is -3.43. The van der Waals surface area contributed by atoms with Crippen LogP contribution in [-0.4, -0.2) is 34.0 Å². The van der Waals surface area contributed by atoms with Crippen LogP contribution in [0, 0.1) is 0 Å². The maximum atomic E-state index is 4.78. The van der Waals surface area contributed by atoms with Crippen LogP contribution in [-0.2, 0) is 0 Å². The summed E-state index contributed by atoms with van der Waals surface area (Å²) in [6.45, 7) is 0. The molecule has 0 unspecified atom stereocenters. The van der Waals surface area contributed by atoms with E-state index < -0.39 is 14.8 Å². The van der Waals surface area contributed by atoms with Gasteiger partial charge in [-0.25, -0.2) is 0 Å². The van der Waals surface area contributed by atoms with Crippen molar-refractivity contribution in [2.75, 3.05) is 10.2 Å². The molecule has 6 saturated carbocycles. The molecule has 2 N–H and O–H groups in total. The fourth-order valence-electron chi connectivity index (χ4n) is 12.2. The monoisotopic (exact) mass is 584 g/mol. The molecule has 4 heteroatoms. The Labute approximate surface area is 248 Å². The van der Waals surface area contributed by atoms with Gasteiger partial charge in [0.15, 0.2) is 0 Å². The minimum absolute atomic E-state index is 1.02. The first-order valence-electron chi connectivity index (χ1n) is 18.5. The van der Waals surface area contributed by atoms with Crippen LogP contribution in [0.5, 0.6) is 0 Å². The molecular weight excluding hydrogens is 522 g/mol. The van der Waals surface area contributed by atoms with Gasteiger partial charge >= 0.3 is 249 Å². The molecule has 226 valence electrons. The zero-order chi connectivity index (χ0) is 26.8. The maximum absolute atomic E-state index is 4.78. The number of rotatable bonds is 10. The molecule has 0 saturated heterocycles. The molecule has 0 heterocycles. The molecule has 0 spiro atoms. The number of nitrogens with one attached hydrogen (secondary N) is 2. The predicted molar refractivity (Wildman–Crippen MR) is 184 cm³/mol. The molecule has 7 rings (SSSR count). The van der Waals surface area contributed by atoms with Gasteiger partial charge in [-0.15, -0.1) is 0 Å². The van der Waals surface area contributed by atoms with Crippen molar-refractivity contribution < 1.29 is 0 Å². The number of hydrogen-bond acceptors (Lipinski definition) is 2. The Morgan fingerprint density at radius 2 is 0.550 bits per heavy atom. The van der Waals surface area contributed by atoms with Crippen LogP contribution in [0.15, 0.2) is 24.3 Å². The standard InChI is InChI=1S/C36H62N2P2/c1-2-16-29(15-1)39(30-17-3-4-18-30,31-19-5-6-20-31)37-35-27-13-14-28-36(35)38-40(32-21-7-8-22-32,33-23-9-10-24-33)34-25-11-12-26-34/h13-14,27-34,37-40H,1-12,15-26H2. The summed E-state index contributed by atoms with van der Waals surface area (Å²) in [6, 6.07) is 9.88. The van der Waals surface area contributed by atoms with Crippen LogP contribution in [0.2, 0.25) is 0 Å². The van der Waals surface area contributed by atoms with Crippen molar-refractivity contribution in [3.05, 3.63) is 24.3 Å². The summed E-state index contributed by atoms with van der Waals surface area (Å²) in [4.78, 5) is 0. The first-order valence-corrected chi connectivity index (χ1v) is 22.9. The van der Waals surface area contributed by atoms with E-state index in [9.17, 15) is 0 Å². The Morgan fingerprint density at radius 3 is 0.750 bits per heavy atom. The van der Waals surface area contributed by atoms with Crippen LogP contribution in [0.3, 0.4) is 0 Å². The van der Waals surface area contributed by atoms with Gasteiger partial charge in [-0.05, 0) is 0 Å². The van der Waals surface area contributed by atoms with Gasteiger partial charge in [0.1, 0.15) is 0 Å². The van der Waals surface area contributed by atoms with E-state index in [1.807, 2.05) is 0 Å². The van der Waals surface area contributed by atoms with Crippen molar-refractivity contribution >= 4 is 26.2 Å². The second kappa shape index (κ2) is 12.7. The van der Waals surface area contributed by atoms with E-state index in [4.69, 9.17) is 10.2 Å². The van der Waals surface area contributed by atoms with Crippen molar-refractivity contribution in [2.24, 2.45) is 0 Å². The van der Waals surface area contributed by atoms with E-state index in [1.54, 1.807) is 11.4 Å². The molecule has 0 aromatic heterocycles. The van der Waals surface area contributed by atoms with E-state index in [0.29, 0.717) is 0 Å². The van der Waals surface area contributed by atoms with E-state index >= 15 is 0 Å². The van der Waals surface area contributed by atoms with Gasteiger partial charge in [-0.1, -0.05) is 0 Å². The molecule has 6 fully saturated rings. The first kappa shape index (κ1) is 28.5. The molecule has 6 aliphatic carbocycles. The second-order valence-corrected chi connectivity index (χ2v) is 24.7. The molecule has 2 nitrogen and oxygen atoms in total. The summed E-state index contributed by atoms with van der Waals surface area (Å²) in [5, 5.41) is 9.56. The second-order valence-electron chi connectivity index (χ2n) is 15.5. The van der Waals surface area contributed by atoms with Crippen LogP contribution >= 0.6 is 14.8 Å². The van der Waals surface area contributed by atoms with Crippen molar-refractivity contribution in [1.29, 1.82) is 0 Å². The average molecular weight is 585 g/mol. The van der Waals surface area contributed by atoms with Crippen LogP contribution < -0.4 is 10.2 Å². The summed E-state index contributed by atoms with van der Waals surface area (Å²) in [5.41, 5.74) is 9.28. The zero-order valence-electron chi connectivity index (χ0n) is 25.7. The predicted octanol–water partition coefficient (Wildman–Crippen LogP) is 11.5. The molecule has 0 amide bonds. The summed E-state index contributed by atoms with van der Waals surface area (Å²) in [5.74, 6) is 0. The van der Waals surface area contributed by atoms with E-state index in [1.165, 1.54) is 154 Å². The van der Waals surface area contributed by atoms with Gasteiger partial charge < -0.3 is 0 Å². The molecule has 0 radical (unpaired) electrons. The van der Waals surface area contributed by atoms with Gasteiger partial charge in [0.05, 0.1) is 0 Å². The Bertz CT molecular complexity index is 785. The van der Waals surface area contributed by atoms with Crippen LogP contribution in [0.25, 0.3) is 0 Å². The van der Waals surface area contributed by atoms with Gasteiger partial charge in [-0.2, -0.15) is 0 Å². The Kier molecular flexibility index (Phi) is 9.05. The number of benzene rings is 1. The van der Waals surface area contributed by atoms with Crippen molar-refractivity contribution in [3.63, 3.8) is 0 Å². The third-order valence-electron chi connectivity index (χ3n) is 13.8. The molecule has 40 heavy (non-hydrogen) atoms. The molecular formula is C36H62N2P2. The van der Waals surface area contributed by atoms with Gasteiger partial charge in [0, 0.05) is 0 Å². The molecule has 1 aromatic rings. The number of hydrogen-bond donors (Lipinski definition) is 2. The van der Waals surface area contributed by atoms with Crippen LogP contribution in [0.1, 0.15) is 154 Å². The fraction of sp³-hybridized carbons (Fsp3) is 0.833. The average Bonchev–Trinajstić information content (AvgIpc) is 3.84. The molecule has 0 atom stereocenters. The van der Waals surface area contributed by atoms with Gasteiger partial charge in [0.25, 0.3) is 0 Å². The molecule has 6 aliphatic rings. The Morgan fingerprint density at radius 1 is 0.350 bits per heavy atom. The topological polar surface area (TPSA) is 24.1 Å². The van der Waals surface area contributed by atoms with E-state index in [2.05, 4.69) is 24.3 Å². The molecule has 1 aromatic carbocycles. The van der Waals surface area contributed by atoms with Crippen molar-refractivity contribution in [1.82, 2.24) is 0 Å². The first-order chi connectivity index (χ1) is 19.8. The molecule has 0 bridgehead atoms. The Hall–Kier alpha value is -0.320. The Balaban J connectivity index is 1.29. The van der Waals surface area contributed by atoms with Gasteiger partial charge in [0.2, 0.25) is 0 Å². The minimum atomic E-state index is -1.71.